The molecule has 7 heteroatoms. The molecule has 4 rings (SSSR count). The van der Waals surface area contributed by atoms with Gasteiger partial charge in [-0.05, 0) is 69.3 Å². The molecular weight excluding hydrogens is 370 g/mol. The first-order chi connectivity index (χ1) is 14.0. The number of hydrogen-bond donors (Lipinski definition) is 0. The molecule has 0 spiro atoms. The predicted molar refractivity (Wildman–Crippen MR) is 108 cm³/mol. The van der Waals surface area contributed by atoms with E-state index in [9.17, 15) is 9.59 Å². The minimum Gasteiger partial charge on any atom is -0.497 e. The predicted octanol–water partition coefficient (Wildman–Crippen LogP) is 2.97. The van der Waals surface area contributed by atoms with Crippen LogP contribution in [0.1, 0.15) is 37.0 Å². The summed E-state index contributed by atoms with van der Waals surface area (Å²) in [6, 6.07) is 9.50. The molecule has 2 amide bonds. The maximum absolute atomic E-state index is 12.8. The Bertz CT molecular complexity index is 868. The molecule has 0 N–H and O–H groups in total. The van der Waals surface area contributed by atoms with Gasteiger partial charge in [0.15, 0.2) is 5.82 Å². The largest absolute Gasteiger partial charge is 0.497 e. The number of aromatic nitrogens is 1. The number of rotatable bonds is 6. The number of nitrogens with zero attached hydrogens (tertiary/aromatic N) is 3. The van der Waals surface area contributed by atoms with Crippen LogP contribution in [0.2, 0.25) is 0 Å². The van der Waals surface area contributed by atoms with Crippen molar-refractivity contribution in [2.24, 2.45) is 5.92 Å². The van der Waals surface area contributed by atoms with Gasteiger partial charge in [-0.1, -0.05) is 17.3 Å². The molecule has 2 fully saturated rings. The van der Waals surface area contributed by atoms with Crippen LogP contribution in [0, 0.1) is 12.8 Å². The number of carbonyl (C=O) groups excluding carboxylic acids is 2. The van der Waals surface area contributed by atoms with E-state index in [1.807, 2.05) is 12.1 Å². The van der Waals surface area contributed by atoms with Crippen molar-refractivity contribution < 1.29 is 18.8 Å². The minimum atomic E-state index is -0.373. The van der Waals surface area contributed by atoms with E-state index in [4.69, 9.17) is 9.26 Å². The smallest absolute Gasteiger partial charge is 0.252 e. The van der Waals surface area contributed by atoms with Gasteiger partial charge in [-0.25, -0.2) is 4.90 Å². The number of benzene rings is 1. The first-order valence-electron chi connectivity index (χ1n) is 10.2. The van der Waals surface area contributed by atoms with Crippen LogP contribution in [0.3, 0.4) is 0 Å². The Morgan fingerprint density at radius 1 is 1.17 bits per heavy atom. The fourth-order valence-corrected chi connectivity index (χ4v) is 4.32. The number of imide groups is 1. The van der Waals surface area contributed by atoms with Crippen LogP contribution in [0.4, 0.5) is 5.82 Å². The average Bonchev–Trinajstić information content (AvgIpc) is 3.29. The van der Waals surface area contributed by atoms with E-state index in [1.165, 1.54) is 10.5 Å². The van der Waals surface area contributed by atoms with E-state index in [1.54, 1.807) is 20.1 Å². The van der Waals surface area contributed by atoms with Crippen molar-refractivity contribution >= 4 is 17.6 Å². The Balaban J connectivity index is 1.29. The van der Waals surface area contributed by atoms with Crippen molar-refractivity contribution in [1.82, 2.24) is 10.1 Å². The number of hydrogen-bond acceptors (Lipinski definition) is 6. The zero-order valence-corrected chi connectivity index (χ0v) is 17.0. The standard InChI is InChI=1S/C22H27N3O4/c1-15-13-20(23-29-15)25-21(26)14-19(22(25)27)24-11-9-17(10-12-24)4-3-16-5-7-18(28-2)8-6-16/h5-8,13,17,19H,3-4,9-12,14H2,1-2H3. The fourth-order valence-electron chi connectivity index (χ4n) is 4.32. The second kappa shape index (κ2) is 8.37. The zero-order valence-electron chi connectivity index (χ0n) is 17.0. The summed E-state index contributed by atoms with van der Waals surface area (Å²) in [6.07, 6.45) is 4.52. The first kappa shape index (κ1) is 19.6. The summed E-state index contributed by atoms with van der Waals surface area (Å²) < 4.78 is 10.2. The summed E-state index contributed by atoms with van der Waals surface area (Å²) in [6.45, 7) is 3.45. The molecule has 0 saturated carbocycles. The number of anilines is 1. The number of piperidine rings is 1. The summed E-state index contributed by atoms with van der Waals surface area (Å²) in [4.78, 5) is 28.6. The fraction of sp³-hybridized carbons (Fsp3) is 0.500. The highest BCUT2D eigenvalue weighted by Crippen LogP contribution is 2.30. The van der Waals surface area contributed by atoms with E-state index >= 15 is 0 Å². The van der Waals surface area contributed by atoms with Crippen LogP contribution in [-0.2, 0) is 16.0 Å². The average molecular weight is 397 g/mol. The molecule has 1 aromatic heterocycles. The van der Waals surface area contributed by atoms with Crippen molar-refractivity contribution in [2.75, 3.05) is 25.1 Å². The maximum atomic E-state index is 12.8. The van der Waals surface area contributed by atoms with Crippen LogP contribution in [0.15, 0.2) is 34.9 Å². The Morgan fingerprint density at radius 3 is 2.52 bits per heavy atom. The van der Waals surface area contributed by atoms with Gasteiger partial charge in [0, 0.05) is 6.07 Å². The van der Waals surface area contributed by atoms with Gasteiger partial charge in [-0.3, -0.25) is 14.5 Å². The summed E-state index contributed by atoms with van der Waals surface area (Å²) in [5, 5.41) is 3.84. The van der Waals surface area contributed by atoms with Crippen LogP contribution < -0.4 is 9.64 Å². The number of amides is 2. The number of methoxy groups -OCH3 is 1. The van der Waals surface area contributed by atoms with Gasteiger partial charge in [0.1, 0.15) is 11.5 Å². The Labute approximate surface area is 170 Å². The topological polar surface area (TPSA) is 75.9 Å². The van der Waals surface area contributed by atoms with E-state index in [0.29, 0.717) is 17.5 Å². The van der Waals surface area contributed by atoms with Crippen molar-refractivity contribution in [3.8, 4) is 5.75 Å². The summed E-state index contributed by atoms with van der Waals surface area (Å²) in [5.41, 5.74) is 1.32. The van der Waals surface area contributed by atoms with Crippen LogP contribution in [0.5, 0.6) is 5.75 Å². The van der Waals surface area contributed by atoms with E-state index < -0.39 is 0 Å². The third-order valence-corrected chi connectivity index (χ3v) is 6.06. The molecule has 2 aliphatic heterocycles. The van der Waals surface area contributed by atoms with Crippen molar-refractivity contribution in [1.29, 1.82) is 0 Å². The number of likely N-dealkylation sites (tertiary alicyclic amines) is 1. The number of ether oxygens (including phenoxy) is 1. The molecule has 7 nitrogen and oxygen atoms in total. The van der Waals surface area contributed by atoms with Crippen molar-refractivity contribution in [3.63, 3.8) is 0 Å². The molecule has 0 aliphatic carbocycles. The highest BCUT2D eigenvalue weighted by molar-refractivity contribution is 6.21. The lowest BCUT2D eigenvalue weighted by atomic mass is 9.90. The zero-order chi connectivity index (χ0) is 20.4. The van der Waals surface area contributed by atoms with Gasteiger partial charge < -0.3 is 9.26 Å². The minimum absolute atomic E-state index is 0.181. The number of aryl methyl sites for hydroxylation is 2. The van der Waals surface area contributed by atoms with Crippen molar-refractivity contribution in [3.05, 3.63) is 41.7 Å². The van der Waals surface area contributed by atoms with Crippen LogP contribution in [-0.4, -0.2) is 48.1 Å². The second-order valence-electron chi connectivity index (χ2n) is 7.95. The highest BCUT2D eigenvalue weighted by atomic mass is 16.5. The molecule has 0 bridgehead atoms. The second-order valence-corrected chi connectivity index (χ2v) is 7.95. The summed E-state index contributed by atoms with van der Waals surface area (Å²) in [7, 11) is 1.68. The monoisotopic (exact) mass is 397 g/mol. The lowest BCUT2D eigenvalue weighted by molar-refractivity contribution is -0.123. The number of carbonyl (C=O) groups is 2. The van der Waals surface area contributed by atoms with Gasteiger partial charge in [0.05, 0.1) is 19.6 Å². The van der Waals surface area contributed by atoms with Crippen LogP contribution >= 0.6 is 0 Å². The molecular formula is C22H27N3O4. The van der Waals surface area contributed by atoms with Gasteiger partial charge in [-0.2, -0.15) is 0 Å². The van der Waals surface area contributed by atoms with Gasteiger partial charge in [0.2, 0.25) is 5.91 Å². The Hall–Kier alpha value is -2.67. The SMILES string of the molecule is COc1ccc(CCC2CCN(C3CC(=O)N(c4cc(C)on4)C3=O)CC2)cc1. The Kier molecular flexibility index (Phi) is 5.67. The molecule has 29 heavy (non-hydrogen) atoms. The molecule has 1 aromatic carbocycles. The summed E-state index contributed by atoms with van der Waals surface area (Å²) >= 11 is 0. The lowest BCUT2D eigenvalue weighted by Crippen LogP contribution is -2.46. The van der Waals surface area contributed by atoms with Gasteiger partial charge in [-0.15, -0.1) is 0 Å². The van der Waals surface area contributed by atoms with Gasteiger partial charge >= 0.3 is 0 Å². The van der Waals surface area contributed by atoms with Crippen LogP contribution in [0.25, 0.3) is 0 Å². The van der Waals surface area contributed by atoms with E-state index in [2.05, 4.69) is 22.2 Å². The Morgan fingerprint density at radius 2 is 1.90 bits per heavy atom. The lowest BCUT2D eigenvalue weighted by Gasteiger charge is -2.34. The highest BCUT2D eigenvalue weighted by Gasteiger charge is 2.44. The van der Waals surface area contributed by atoms with Crippen molar-refractivity contribution in [2.45, 2.75) is 45.1 Å². The molecule has 2 aliphatic rings. The first-order valence-corrected chi connectivity index (χ1v) is 10.2. The molecule has 154 valence electrons. The molecule has 1 atom stereocenters. The molecule has 3 heterocycles. The third kappa shape index (κ3) is 4.19. The quantitative estimate of drug-likeness (QED) is 0.698. The normalized spacial score (nSPS) is 21.2. The molecule has 2 saturated heterocycles. The third-order valence-electron chi connectivity index (χ3n) is 6.06. The van der Waals surface area contributed by atoms with Gasteiger partial charge in [0.25, 0.3) is 5.91 Å². The molecule has 1 unspecified atom stereocenters. The summed E-state index contributed by atoms with van der Waals surface area (Å²) in [5.74, 6) is 2.04. The molecule has 0 radical (unpaired) electrons. The molecule has 2 aromatic rings. The van der Waals surface area contributed by atoms with E-state index in [-0.39, 0.29) is 24.3 Å². The van der Waals surface area contributed by atoms with E-state index in [0.717, 1.165) is 44.5 Å². The maximum Gasteiger partial charge on any atom is 0.252 e.